The van der Waals surface area contributed by atoms with E-state index >= 15 is 0 Å². The molecule has 0 spiro atoms. The van der Waals surface area contributed by atoms with Crippen LogP contribution in [-0.4, -0.2) is 4.98 Å². The van der Waals surface area contributed by atoms with Crippen molar-refractivity contribution in [3.8, 4) is 11.5 Å². The molecule has 20 heavy (non-hydrogen) atoms. The number of benzene rings is 1. The van der Waals surface area contributed by atoms with Gasteiger partial charge in [0.1, 0.15) is 11.5 Å². The van der Waals surface area contributed by atoms with Crippen molar-refractivity contribution in [3.63, 3.8) is 0 Å². The number of hydrogen-bond donors (Lipinski definition) is 1. The lowest BCUT2D eigenvalue weighted by atomic mass is 10.1. The number of hydrogen-bond acceptors (Lipinski definition) is 3. The molecule has 1 aromatic carbocycles. The third-order valence-corrected chi connectivity index (χ3v) is 4.31. The van der Waals surface area contributed by atoms with E-state index in [2.05, 4.69) is 20.9 Å². The molecular formula is C14H13BrCl2N2O. The Morgan fingerprint density at radius 3 is 2.50 bits per heavy atom. The highest BCUT2D eigenvalue weighted by Gasteiger charge is 2.13. The molecule has 2 N–H and O–H groups in total. The Bertz CT molecular complexity index is 662. The predicted octanol–water partition coefficient (Wildman–Crippen LogP) is 5.02. The van der Waals surface area contributed by atoms with Crippen LogP contribution in [0.4, 0.5) is 0 Å². The van der Waals surface area contributed by atoms with Gasteiger partial charge in [0.25, 0.3) is 0 Å². The first-order valence-electron chi connectivity index (χ1n) is 5.92. The van der Waals surface area contributed by atoms with Crippen molar-refractivity contribution in [1.29, 1.82) is 0 Å². The molecule has 1 aromatic heterocycles. The molecule has 0 fully saturated rings. The molecule has 0 unspecified atom stereocenters. The van der Waals surface area contributed by atoms with Crippen LogP contribution in [-0.2, 0) is 6.54 Å². The predicted molar refractivity (Wildman–Crippen MR) is 85.8 cm³/mol. The molecule has 0 aliphatic carbocycles. The molecule has 0 aliphatic heterocycles. The Morgan fingerprint density at radius 2 is 1.85 bits per heavy atom. The van der Waals surface area contributed by atoms with Gasteiger partial charge in [0.15, 0.2) is 0 Å². The minimum atomic E-state index is 0.344. The van der Waals surface area contributed by atoms with Gasteiger partial charge in [0, 0.05) is 40.1 Å². The van der Waals surface area contributed by atoms with Crippen LogP contribution in [0.5, 0.6) is 11.5 Å². The van der Waals surface area contributed by atoms with Gasteiger partial charge in [-0.1, -0.05) is 23.2 Å². The SMILES string of the molecule is Cc1cc(Oc2cc(Cl)c(Br)cc2Cl)c(CN)c(C)n1. The van der Waals surface area contributed by atoms with Crippen molar-refractivity contribution in [1.82, 2.24) is 4.98 Å². The summed E-state index contributed by atoms with van der Waals surface area (Å²) in [5.74, 6) is 1.14. The van der Waals surface area contributed by atoms with E-state index in [0.717, 1.165) is 21.4 Å². The van der Waals surface area contributed by atoms with Gasteiger partial charge < -0.3 is 10.5 Å². The summed E-state index contributed by atoms with van der Waals surface area (Å²) < 4.78 is 6.59. The summed E-state index contributed by atoms with van der Waals surface area (Å²) in [4.78, 5) is 4.37. The largest absolute Gasteiger partial charge is 0.455 e. The first kappa shape index (κ1) is 15.6. The molecular weight excluding hydrogens is 363 g/mol. The van der Waals surface area contributed by atoms with Gasteiger partial charge in [-0.3, -0.25) is 4.98 Å². The third kappa shape index (κ3) is 3.26. The minimum absolute atomic E-state index is 0.344. The van der Waals surface area contributed by atoms with Crippen molar-refractivity contribution in [2.75, 3.05) is 0 Å². The normalized spacial score (nSPS) is 10.7. The lowest BCUT2D eigenvalue weighted by molar-refractivity contribution is 0.474. The maximum Gasteiger partial charge on any atom is 0.147 e. The fourth-order valence-electron chi connectivity index (χ4n) is 1.86. The summed E-state index contributed by atoms with van der Waals surface area (Å²) in [5, 5.41) is 0.998. The average molecular weight is 376 g/mol. The van der Waals surface area contributed by atoms with Gasteiger partial charge in [-0.2, -0.15) is 0 Å². The van der Waals surface area contributed by atoms with Crippen molar-refractivity contribution in [3.05, 3.63) is 49.7 Å². The summed E-state index contributed by atoms with van der Waals surface area (Å²) in [5.41, 5.74) is 8.32. The maximum absolute atomic E-state index is 6.17. The molecule has 6 heteroatoms. The molecule has 0 atom stereocenters. The lowest BCUT2D eigenvalue weighted by Crippen LogP contribution is -2.05. The van der Waals surface area contributed by atoms with Gasteiger partial charge in [0.2, 0.25) is 0 Å². The van der Waals surface area contributed by atoms with E-state index in [0.29, 0.717) is 28.1 Å². The monoisotopic (exact) mass is 374 g/mol. The zero-order chi connectivity index (χ0) is 14.9. The quantitative estimate of drug-likeness (QED) is 0.766. The maximum atomic E-state index is 6.17. The van der Waals surface area contributed by atoms with Crippen molar-refractivity contribution < 1.29 is 4.74 Å². The lowest BCUT2D eigenvalue weighted by Gasteiger charge is -2.14. The number of aromatic nitrogens is 1. The highest BCUT2D eigenvalue weighted by Crippen LogP contribution is 2.37. The molecule has 3 nitrogen and oxygen atoms in total. The molecule has 1 heterocycles. The van der Waals surface area contributed by atoms with Crippen LogP contribution in [0.3, 0.4) is 0 Å². The van der Waals surface area contributed by atoms with E-state index in [-0.39, 0.29) is 0 Å². The van der Waals surface area contributed by atoms with E-state index in [9.17, 15) is 0 Å². The molecule has 0 radical (unpaired) electrons. The van der Waals surface area contributed by atoms with E-state index in [1.807, 2.05) is 19.9 Å². The standard InChI is InChI=1S/C14H13BrCl2N2O/c1-7-3-13(9(6-18)8(2)19-7)20-14-5-11(16)10(15)4-12(14)17/h3-5H,6,18H2,1-2H3. The zero-order valence-corrected chi connectivity index (χ0v) is 14.1. The number of nitrogens with two attached hydrogens (primary N) is 1. The van der Waals surface area contributed by atoms with Gasteiger partial charge in [-0.15, -0.1) is 0 Å². The number of pyridine rings is 1. The van der Waals surface area contributed by atoms with Crippen LogP contribution in [0.25, 0.3) is 0 Å². The number of halogens is 3. The topological polar surface area (TPSA) is 48.1 Å². The summed E-state index contributed by atoms with van der Waals surface area (Å²) in [7, 11) is 0. The Balaban J connectivity index is 2.47. The van der Waals surface area contributed by atoms with Crippen LogP contribution in [0.15, 0.2) is 22.7 Å². The second-order valence-electron chi connectivity index (χ2n) is 4.33. The number of nitrogens with zero attached hydrogens (tertiary/aromatic N) is 1. The van der Waals surface area contributed by atoms with E-state index in [1.54, 1.807) is 12.1 Å². The van der Waals surface area contributed by atoms with E-state index in [4.69, 9.17) is 33.7 Å². The summed E-state index contributed by atoms with van der Waals surface area (Å²) in [6.45, 7) is 4.14. The number of rotatable bonds is 3. The highest BCUT2D eigenvalue weighted by molar-refractivity contribution is 9.10. The van der Waals surface area contributed by atoms with Gasteiger partial charge >= 0.3 is 0 Å². The second kappa shape index (κ2) is 6.31. The Hall–Kier alpha value is -0.810. The van der Waals surface area contributed by atoms with Gasteiger partial charge in [0.05, 0.1) is 10.0 Å². The van der Waals surface area contributed by atoms with Crippen LogP contribution in [0, 0.1) is 13.8 Å². The van der Waals surface area contributed by atoms with Crippen LogP contribution in [0.1, 0.15) is 17.0 Å². The second-order valence-corrected chi connectivity index (χ2v) is 6.00. The third-order valence-electron chi connectivity index (χ3n) is 2.82. The fraction of sp³-hybridized carbons (Fsp3) is 0.214. The molecule has 2 aromatic rings. The molecule has 0 amide bonds. The van der Waals surface area contributed by atoms with Crippen LogP contribution >= 0.6 is 39.1 Å². The summed E-state index contributed by atoms with van der Waals surface area (Å²) in [6, 6.07) is 5.20. The Labute approximate surface area is 136 Å². The smallest absolute Gasteiger partial charge is 0.147 e. The highest BCUT2D eigenvalue weighted by atomic mass is 79.9. The zero-order valence-electron chi connectivity index (χ0n) is 11.0. The fourth-order valence-corrected chi connectivity index (χ4v) is 2.69. The van der Waals surface area contributed by atoms with Crippen LogP contribution < -0.4 is 10.5 Å². The van der Waals surface area contributed by atoms with Crippen molar-refractivity contribution in [2.45, 2.75) is 20.4 Å². The van der Waals surface area contributed by atoms with Crippen LogP contribution in [0.2, 0.25) is 10.0 Å². The minimum Gasteiger partial charge on any atom is -0.455 e. The molecule has 0 aliphatic rings. The van der Waals surface area contributed by atoms with Gasteiger partial charge in [-0.25, -0.2) is 0 Å². The van der Waals surface area contributed by atoms with Gasteiger partial charge in [-0.05, 0) is 35.8 Å². The summed E-state index contributed by atoms with van der Waals surface area (Å²) >= 11 is 15.5. The summed E-state index contributed by atoms with van der Waals surface area (Å²) in [6.07, 6.45) is 0. The molecule has 0 bridgehead atoms. The van der Waals surface area contributed by atoms with Crippen molar-refractivity contribution >= 4 is 39.1 Å². The molecule has 0 saturated carbocycles. The molecule has 0 saturated heterocycles. The number of aryl methyl sites for hydroxylation is 2. The molecule has 106 valence electrons. The first-order chi connectivity index (χ1) is 9.42. The number of ether oxygens (including phenoxy) is 1. The van der Waals surface area contributed by atoms with E-state index < -0.39 is 0 Å². The Kier molecular flexibility index (Phi) is 4.91. The average Bonchev–Trinajstić information content (AvgIpc) is 2.35. The Morgan fingerprint density at radius 1 is 1.15 bits per heavy atom. The van der Waals surface area contributed by atoms with E-state index in [1.165, 1.54) is 0 Å². The first-order valence-corrected chi connectivity index (χ1v) is 7.47. The van der Waals surface area contributed by atoms with Crippen molar-refractivity contribution in [2.24, 2.45) is 5.73 Å². The molecule has 2 rings (SSSR count).